The smallest absolute Gasteiger partial charge is 0.239 e. The molecule has 1 aromatic carbocycles. The number of benzene rings is 1. The third-order valence-corrected chi connectivity index (χ3v) is 2.40. The lowest BCUT2D eigenvalue weighted by Gasteiger charge is -2.06. The predicted molar refractivity (Wildman–Crippen MR) is 70.1 cm³/mol. The molecule has 0 spiro atoms. The fraction of sp³-hybridized carbons (Fsp3) is 0.385. The van der Waals surface area contributed by atoms with Gasteiger partial charge in [-0.3, -0.25) is 9.59 Å². The van der Waals surface area contributed by atoms with Crippen LogP contribution in [-0.2, 0) is 16.0 Å². The highest BCUT2D eigenvalue weighted by molar-refractivity contribution is 5.85. The Labute approximate surface area is 111 Å². The molecule has 2 amide bonds. The second-order valence-corrected chi connectivity index (χ2v) is 4.04. The Morgan fingerprint density at radius 1 is 1.16 bits per heavy atom. The minimum Gasteiger partial charge on any atom is -0.353 e. The van der Waals surface area contributed by atoms with E-state index in [1.165, 1.54) is 12.1 Å². The maximum atomic E-state index is 12.9. The second-order valence-electron chi connectivity index (χ2n) is 4.04. The van der Waals surface area contributed by atoms with Gasteiger partial charge in [0.25, 0.3) is 0 Å². The van der Waals surface area contributed by atoms with Crippen LogP contribution in [0.25, 0.3) is 0 Å². The Morgan fingerprint density at radius 3 is 2.63 bits per heavy atom. The summed E-state index contributed by atoms with van der Waals surface area (Å²) >= 11 is 0. The zero-order valence-corrected chi connectivity index (χ0v) is 10.8. The average molecular weight is 267 g/mol. The summed E-state index contributed by atoms with van der Waals surface area (Å²) in [5.41, 5.74) is 0.577. The van der Waals surface area contributed by atoms with Crippen LogP contribution in [0.1, 0.15) is 5.56 Å². The van der Waals surface area contributed by atoms with Crippen LogP contribution in [0.15, 0.2) is 24.3 Å². The molecule has 0 aromatic heterocycles. The minimum absolute atomic E-state index is 0.0571. The molecule has 104 valence electrons. The first-order valence-corrected chi connectivity index (χ1v) is 6.04. The first-order valence-electron chi connectivity index (χ1n) is 6.04. The highest BCUT2D eigenvalue weighted by Crippen LogP contribution is 2.03. The van der Waals surface area contributed by atoms with Crippen molar-refractivity contribution in [3.63, 3.8) is 0 Å². The molecule has 0 aliphatic carbocycles. The van der Waals surface area contributed by atoms with E-state index in [-0.39, 0.29) is 30.6 Å². The summed E-state index contributed by atoms with van der Waals surface area (Å²) in [6.45, 7) is 1.11. The van der Waals surface area contributed by atoms with Gasteiger partial charge in [0.1, 0.15) is 5.82 Å². The Balaban J connectivity index is 2.26. The molecule has 0 saturated heterocycles. The summed E-state index contributed by atoms with van der Waals surface area (Å²) in [4.78, 5) is 22.8. The van der Waals surface area contributed by atoms with Gasteiger partial charge in [-0.15, -0.1) is 0 Å². The molecule has 1 aromatic rings. The standard InChI is InChI=1S/C13H18FN3O2/c1-15-5-6-16-13(19)9-17-12(18)8-10-3-2-4-11(14)7-10/h2-4,7,15H,5-6,8-9H2,1H3,(H,16,19)(H,17,18). The number of carbonyl (C=O) groups excluding carboxylic acids is 2. The lowest BCUT2D eigenvalue weighted by molar-refractivity contribution is -0.125. The van der Waals surface area contributed by atoms with Gasteiger partial charge in [0, 0.05) is 13.1 Å². The van der Waals surface area contributed by atoms with E-state index >= 15 is 0 Å². The van der Waals surface area contributed by atoms with Gasteiger partial charge in [-0.25, -0.2) is 4.39 Å². The van der Waals surface area contributed by atoms with Crippen molar-refractivity contribution in [2.45, 2.75) is 6.42 Å². The normalized spacial score (nSPS) is 10.0. The molecule has 6 heteroatoms. The Morgan fingerprint density at radius 2 is 1.95 bits per heavy atom. The fourth-order valence-corrected chi connectivity index (χ4v) is 1.46. The third-order valence-electron chi connectivity index (χ3n) is 2.40. The number of hydrogen-bond acceptors (Lipinski definition) is 3. The van der Waals surface area contributed by atoms with Crippen LogP contribution in [0.5, 0.6) is 0 Å². The van der Waals surface area contributed by atoms with Gasteiger partial charge in [-0.05, 0) is 24.7 Å². The highest BCUT2D eigenvalue weighted by Gasteiger charge is 2.06. The summed E-state index contributed by atoms with van der Waals surface area (Å²) in [6.07, 6.45) is 0.0571. The van der Waals surface area contributed by atoms with Crippen molar-refractivity contribution < 1.29 is 14.0 Å². The van der Waals surface area contributed by atoms with Gasteiger partial charge >= 0.3 is 0 Å². The lowest BCUT2D eigenvalue weighted by atomic mass is 10.1. The minimum atomic E-state index is -0.380. The van der Waals surface area contributed by atoms with E-state index in [1.54, 1.807) is 19.2 Å². The van der Waals surface area contributed by atoms with Crippen LogP contribution in [0.4, 0.5) is 4.39 Å². The zero-order valence-electron chi connectivity index (χ0n) is 10.8. The molecule has 0 bridgehead atoms. The topological polar surface area (TPSA) is 70.2 Å². The number of carbonyl (C=O) groups is 2. The largest absolute Gasteiger partial charge is 0.353 e. The van der Waals surface area contributed by atoms with Crippen LogP contribution in [0.2, 0.25) is 0 Å². The van der Waals surface area contributed by atoms with Gasteiger partial charge in [-0.1, -0.05) is 12.1 Å². The van der Waals surface area contributed by atoms with Crippen molar-refractivity contribution in [2.75, 3.05) is 26.7 Å². The Hall–Kier alpha value is -1.95. The SMILES string of the molecule is CNCCNC(=O)CNC(=O)Cc1cccc(F)c1. The van der Waals surface area contributed by atoms with Crippen LogP contribution < -0.4 is 16.0 Å². The first kappa shape index (κ1) is 15.1. The average Bonchev–Trinajstić information content (AvgIpc) is 2.37. The van der Waals surface area contributed by atoms with E-state index in [0.717, 1.165) is 0 Å². The number of nitrogens with one attached hydrogen (secondary N) is 3. The number of hydrogen-bond donors (Lipinski definition) is 3. The molecule has 19 heavy (non-hydrogen) atoms. The number of likely N-dealkylation sites (N-methyl/N-ethyl adjacent to an activating group) is 1. The summed E-state index contributed by atoms with van der Waals surface area (Å²) in [5, 5.41) is 8.01. The molecular weight excluding hydrogens is 249 g/mol. The molecule has 5 nitrogen and oxygen atoms in total. The quantitative estimate of drug-likeness (QED) is 0.600. The van der Waals surface area contributed by atoms with Gasteiger partial charge in [-0.2, -0.15) is 0 Å². The van der Waals surface area contributed by atoms with Crippen molar-refractivity contribution >= 4 is 11.8 Å². The molecule has 0 aliphatic heterocycles. The zero-order chi connectivity index (χ0) is 14.1. The molecule has 0 unspecified atom stereocenters. The summed E-state index contributed by atoms with van der Waals surface area (Å²) < 4.78 is 12.9. The molecule has 1 rings (SSSR count). The fourth-order valence-electron chi connectivity index (χ4n) is 1.46. The molecule has 0 saturated carbocycles. The van der Waals surface area contributed by atoms with Crippen molar-refractivity contribution in [3.05, 3.63) is 35.6 Å². The summed E-state index contributed by atoms with van der Waals surface area (Å²) in [6, 6.07) is 5.82. The van der Waals surface area contributed by atoms with Crippen LogP contribution in [-0.4, -0.2) is 38.5 Å². The maximum absolute atomic E-state index is 12.9. The van der Waals surface area contributed by atoms with Crippen LogP contribution >= 0.6 is 0 Å². The summed E-state index contributed by atoms with van der Waals surface area (Å²) in [5.74, 6) is -0.938. The van der Waals surface area contributed by atoms with E-state index in [2.05, 4.69) is 16.0 Å². The van der Waals surface area contributed by atoms with Crippen molar-refractivity contribution in [3.8, 4) is 0 Å². The molecular formula is C13H18FN3O2. The summed E-state index contributed by atoms with van der Waals surface area (Å²) in [7, 11) is 1.78. The second kappa shape index (κ2) is 8.20. The van der Waals surface area contributed by atoms with Gasteiger partial charge in [0.05, 0.1) is 13.0 Å². The van der Waals surface area contributed by atoms with E-state index in [0.29, 0.717) is 18.7 Å². The van der Waals surface area contributed by atoms with Crippen molar-refractivity contribution in [1.29, 1.82) is 0 Å². The van der Waals surface area contributed by atoms with E-state index in [9.17, 15) is 14.0 Å². The Kier molecular flexibility index (Phi) is 6.52. The van der Waals surface area contributed by atoms with E-state index in [4.69, 9.17) is 0 Å². The molecule has 0 heterocycles. The first-order chi connectivity index (χ1) is 9.11. The molecule has 0 fully saturated rings. The molecule has 0 atom stereocenters. The molecule has 0 radical (unpaired) electrons. The lowest BCUT2D eigenvalue weighted by Crippen LogP contribution is -2.39. The predicted octanol–water partition coefficient (Wildman–Crippen LogP) is -0.180. The van der Waals surface area contributed by atoms with Crippen LogP contribution in [0, 0.1) is 5.82 Å². The molecule has 3 N–H and O–H groups in total. The van der Waals surface area contributed by atoms with E-state index in [1.807, 2.05) is 0 Å². The number of amides is 2. The van der Waals surface area contributed by atoms with Crippen LogP contribution in [0.3, 0.4) is 0 Å². The monoisotopic (exact) mass is 267 g/mol. The van der Waals surface area contributed by atoms with Crippen molar-refractivity contribution in [2.24, 2.45) is 0 Å². The number of rotatable bonds is 7. The van der Waals surface area contributed by atoms with Crippen molar-refractivity contribution in [1.82, 2.24) is 16.0 Å². The molecule has 0 aliphatic rings. The third kappa shape index (κ3) is 6.52. The highest BCUT2D eigenvalue weighted by atomic mass is 19.1. The maximum Gasteiger partial charge on any atom is 0.239 e. The van der Waals surface area contributed by atoms with Gasteiger partial charge in [0.15, 0.2) is 0 Å². The number of halogens is 1. The van der Waals surface area contributed by atoms with E-state index < -0.39 is 0 Å². The van der Waals surface area contributed by atoms with Gasteiger partial charge in [0.2, 0.25) is 11.8 Å². The van der Waals surface area contributed by atoms with Gasteiger partial charge < -0.3 is 16.0 Å². The Bertz CT molecular complexity index is 438.